The number of para-hydroxylation sites is 1. The van der Waals surface area contributed by atoms with E-state index in [1.165, 1.54) is 0 Å². The molecule has 2 rings (SSSR count). The maximum atomic E-state index is 5.51. The molecular formula is C21H36N4O3. The number of aliphatic imine (C=N–C) groups is 1. The van der Waals surface area contributed by atoms with Gasteiger partial charge in [-0.1, -0.05) is 26.0 Å². The lowest BCUT2D eigenvalue weighted by atomic mass is 10.0. The SMILES string of the molecule is CN=C(NCc1cccc(OC)c1OC)NCC(CC(C)C)N1CCOCC1. The van der Waals surface area contributed by atoms with Gasteiger partial charge in [0.05, 0.1) is 27.4 Å². The molecule has 7 nitrogen and oxygen atoms in total. The fraction of sp³-hybridized carbons (Fsp3) is 0.667. The van der Waals surface area contributed by atoms with Crippen LogP contribution >= 0.6 is 0 Å². The summed E-state index contributed by atoms with van der Waals surface area (Å²) >= 11 is 0. The van der Waals surface area contributed by atoms with Gasteiger partial charge < -0.3 is 24.8 Å². The van der Waals surface area contributed by atoms with Crippen LogP contribution in [0, 0.1) is 5.92 Å². The van der Waals surface area contributed by atoms with E-state index in [0.717, 1.165) is 62.3 Å². The normalized spacial score (nSPS) is 16.7. The summed E-state index contributed by atoms with van der Waals surface area (Å²) in [7, 11) is 5.10. The zero-order chi connectivity index (χ0) is 20.4. The number of nitrogens with one attached hydrogen (secondary N) is 2. The third-order valence-electron chi connectivity index (χ3n) is 4.97. The minimum Gasteiger partial charge on any atom is -0.493 e. The quantitative estimate of drug-likeness (QED) is 0.496. The van der Waals surface area contributed by atoms with Crippen LogP contribution in [0.4, 0.5) is 0 Å². The molecule has 1 aliphatic heterocycles. The Balaban J connectivity index is 1.94. The zero-order valence-corrected chi connectivity index (χ0v) is 18.0. The largest absolute Gasteiger partial charge is 0.493 e. The van der Waals surface area contributed by atoms with E-state index in [-0.39, 0.29) is 0 Å². The van der Waals surface area contributed by atoms with Crippen LogP contribution in [-0.2, 0) is 11.3 Å². The van der Waals surface area contributed by atoms with Crippen LogP contribution in [0.2, 0.25) is 0 Å². The molecule has 1 saturated heterocycles. The van der Waals surface area contributed by atoms with Gasteiger partial charge in [0.15, 0.2) is 17.5 Å². The average molecular weight is 393 g/mol. The highest BCUT2D eigenvalue weighted by molar-refractivity contribution is 5.79. The van der Waals surface area contributed by atoms with E-state index in [4.69, 9.17) is 14.2 Å². The zero-order valence-electron chi connectivity index (χ0n) is 18.0. The van der Waals surface area contributed by atoms with Gasteiger partial charge in [0.2, 0.25) is 0 Å². The Morgan fingerprint density at radius 3 is 2.54 bits per heavy atom. The van der Waals surface area contributed by atoms with Crippen molar-refractivity contribution < 1.29 is 14.2 Å². The summed E-state index contributed by atoms with van der Waals surface area (Å²) in [6.07, 6.45) is 1.15. The molecule has 0 spiro atoms. The fourth-order valence-electron chi connectivity index (χ4n) is 3.56. The van der Waals surface area contributed by atoms with Gasteiger partial charge in [-0.2, -0.15) is 0 Å². The topological polar surface area (TPSA) is 67.4 Å². The van der Waals surface area contributed by atoms with Crippen molar-refractivity contribution in [2.24, 2.45) is 10.9 Å². The predicted octanol–water partition coefficient (Wildman–Crippen LogP) is 2.12. The first-order chi connectivity index (χ1) is 13.6. The number of guanidine groups is 1. The minimum atomic E-state index is 0.466. The molecule has 0 aromatic heterocycles. The molecule has 1 unspecified atom stereocenters. The molecule has 1 aromatic carbocycles. The predicted molar refractivity (Wildman–Crippen MR) is 113 cm³/mol. The second kappa shape index (κ2) is 11.8. The summed E-state index contributed by atoms with van der Waals surface area (Å²) in [6, 6.07) is 6.35. The van der Waals surface area contributed by atoms with E-state index in [1.807, 2.05) is 18.2 Å². The first-order valence-electron chi connectivity index (χ1n) is 10.0. The van der Waals surface area contributed by atoms with Crippen LogP contribution in [0.5, 0.6) is 11.5 Å². The monoisotopic (exact) mass is 392 g/mol. The van der Waals surface area contributed by atoms with Crippen molar-refractivity contribution in [3.8, 4) is 11.5 Å². The molecule has 1 atom stereocenters. The molecule has 1 aliphatic rings. The standard InChI is InChI=1S/C21H36N4O3/c1-16(2)13-18(25-9-11-28-12-10-25)15-24-21(22-3)23-14-17-7-6-8-19(26-4)20(17)27-5/h6-8,16,18H,9-15H2,1-5H3,(H2,22,23,24). The number of nitrogens with zero attached hydrogens (tertiary/aromatic N) is 2. The Hall–Kier alpha value is -1.99. The second-order valence-electron chi connectivity index (χ2n) is 7.39. The fourth-order valence-corrected chi connectivity index (χ4v) is 3.56. The lowest BCUT2D eigenvalue weighted by Crippen LogP contribution is -2.51. The molecule has 158 valence electrons. The van der Waals surface area contributed by atoms with E-state index in [9.17, 15) is 0 Å². The first kappa shape index (κ1) is 22.3. The van der Waals surface area contributed by atoms with Crippen molar-refractivity contribution in [2.45, 2.75) is 32.9 Å². The Bertz CT molecular complexity index is 616. The molecule has 1 fully saturated rings. The molecule has 0 saturated carbocycles. The van der Waals surface area contributed by atoms with E-state index in [1.54, 1.807) is 21.3 Å². The average Bonchev–Trinajstić information content (AvgIpc) is 2.72. The molecule has 1 aromatic rings. The van der Waals surface area contributed by atoms with Crippen LogP contribution in [0.25, 0.3) is 0 Å². The van der Waals surface area contributed by atoms with Gasteiger partial charge in [0.1, 0.15) is 0 Å². The minimum absolute atomic E-state index is 0.466. The van der Waals surface area contributed by atoms with Gasteiger partial charge in [0, 0.05) is 44.8 Å². The van der Waals surface area contributed by atoms with Gasteiger partial charge in [0.25, 0.3) is 0 Å². The molecule has 0 aliphatic carbocycles. The summed E-state index contributed by atoms with van der Waals surface area (Å²) in [6.45, 7) is 9.62. The Labute approximate surface area is 169 Å². The Morgan fingerprint density at radius 1 is 1.18 bits per heavy atom. The molecule has 0 radical (unpaired) electrons. The number of rotatable bonds is 9. The number of benzene rings is 1. The van der Waals surface area contributed by atoms with Crippen molar-refractivity contribution in [2.75, 3.05) is 54.1 Å². The van der Waals surface area contributed by atoms with Crippen molar-refractivity contribution in [3.63, 3.8) is 0 Å². The van der Waals surface area contributed by atoms with Crippen LogP contribution in [0.15, 0.2) is 23.2 Å². The van der Waals surface area contributed by atoms with Gasteiger partial charge in [-0.25, -0.2) is 0 Å². The summed E-state index contributed by atoms with van der Waals surface area (Å²) in [5.74, 6) is 2.91. The van der Waals surface area contributed by atoms with Crippen molar-refractivity contribution in [1.29, 1.82) is 0 Å². The number of hydrogen-bond donors (Lipinski definition) is 2. The van der Waals surface area contributed by atoms with Crippen molar-refractivity contribution in [1.82, 2.24) is 15.5 Å². The Morgan fingerprint density at radius 2 is 1.93 bits per heavy atom. The third-order valence-corrected chi connectivity index (χ3v) is 4.97. The molecular weight excluding hydrogens is 356 g/mol. The third kappa shape index (κ3) is 6.56. The number of hydrogen-bond acceptors (Lipinski definition) is 5. The van der Waals surface area contributed by atoms with E-state index < -0.39 is 0 Å². The maximum absolute atomic E-state index is 5.51. The number of morpholine rings is 1. The highest BCUT2D eigenvalue weighted by atomic mass is 16.5. The molecule has 2 N–H and O–H groups in total. The summed E-state index contributed by atoms with van der Waals surface area (Å²) < 4.78 is 16.4. The molecule has 28 heavy (non-hydrogen) atoms. The molecule has 0 amide bonds. The van der Waals surface area contributed by atoms with Gasteiger partial charge in [-0.15, -0.1) is 0 Å². The summed E-state index contributed by atoms with van der Waals surface area (Å²) in [5.41, 5.74) is 1.02. The second-order valence-corrected chi connectivity index (χ2v) is 7.39. The van der Waals surface area contributed by atoms with Crippen molar-refractivity contribution in [3.05, 3.63) is 23.8 Å². The molecule has 7 heteroatoms. The van der Waals surface area contributed by atoms with E-state index >= 15 is 0 Å². The lowest BCUT2D eigenvalue weighted by Gasteiger charge is -2.35. The van der Waals surface area contributed by atoms with E-state index in [0.29, 0.717) is 18.5 Å². The first-order valence-corrected chi connectivity index (χ1v) is 10.0. The molecule has 0 bridgehead atoms. The maximum Gasteiger partial charge on any atom is 0.191 e. The highest BCUT2D eigenvalue weighted by Gasteiger charge is 2.22. The van der Waals surface area contributed by atoms with Gasteiger partial charge in [-0.3, -0.25) is 9.89 Å². The van der Waals surface area contributed by atoms with Crippen LogP contribution in [-0.4, -0.2) is 71.0 Å². The van der Waals surface area contributed by atoms with E-state index in [2.05, 4.69) is 34.4 Å². The lowest BCUT2D eigenvalue weighted by molar-refractivity contribution is 0.0132. The van der Waals surface area contributed by atoms with Gasteiger partial charge in [-0.05, 0) is 18.4 Å². The summed E-state index contributed by atoms with van der Waals surface area (Å²) in [5, 5.41) is 6.88. The van der Waals surface area contributed by atoms with Crippen LogP contribution in [0.3, 0.4) is 0 Å². The smallest absolute Gasteiger partial charge is 0.191 e. The number of methoxy groups -OCH3 is 2. The van der Waals surface area contributed by atoms with Crippen LogP contribution < -0.4 is 20.1 Å². The summed E-state index contributed by atoms with van der Waals surface area (Å²) in [4.78, 5) is 6.90. The number of ether oxygens (including phenoxy) is 3. The highest BCUT2D eigenvalue weighted by Crippen LogP contribution is 2.30. The molecule has 1 heterocycles. The van der Waals surface area contributed by atoms with Crippen LogP contribution in [0.1, 0.15) is 25.8 Å². The van der Waals surface area contributed by atoms with Gasteiger partial charge >= 0.3 is 0 Å². The van der Waals surface area contributed by atoms with Crippen molar-refractivity contribution >= 4 is 5.96 Å². The Kier molecular flexibility index (Phi) is 9.37.